The first-order valence-electron chi connectivity index (χ1n) is 12.1. The van der Waals surface area contributed by atoms with Gasteiger partial charge in [-0.2, -0.15) is 0 Å². The van der Waals surface area contributed by atoms with Gasteiger partial charge in [-0.25, -0.2) is 8.42 Å². The molecule has 3 aromatic rings. The lowest BCUT2D eigenvalue weighted by Gasteiger charge is -2.38. The molecule has 1 unspecified atom stereocenters. The third kappa shape index (κ3) is 6.27. The lowest BCUT2D eigenvalue weighted by atomic mass is 9.89. The molecule has 1 N–H and O–H groups in total. The second kappa shape index (κ2) is 10.8. The number of anilines is 1. The number of aryl methyl sites for hydroxylation is 1. The normalized spacial score (nSPS) is 16.3. The summed E-state index contributed by atoms with van der Waals surface area (Å²) in [7, 11) is -4.03. The molecule has 37 heavy (non-hydrogen) atoms. The maximum atomic E-state index is 13.7. The van der Waals surface area contributed by atoms with Crippen LogP contribution in [-0.4, -0.2) is 33.1 Å². The monoisotopic (exact) mass is 586 g/mol. The summed E-state index contributed by atoms with van der Waals surface area (Å²) in [5.41, 5.74) is 1.81. The van der Waals surface area contributed by atoms with Gasteiger partial charge in [-0.3, -0.25) is 9.10 Å². The van der Waals surface area contributed by atoms with E-state index < -0.39 is 21.5 Å². The molecule has 1 atom stereocenters. The molecular formula is C28H31BrN2O5S. The molecule has 196 valence electrons. The van der Waals surface area contributed by atoms with Gasteiger partial charge in [-0.15, -0.1) is 0 Å². The molecule has 0 radical (unpaired) electrons. The van der Waals surface area contributed by atoms with Crippen molar-refractivity contribution in [1.29, 1.82) is 0 Å². The molecule has 7 nitrogen and oxygen atoms in total. The summed E-state index contributed by atoms with van der Waals surface area (Å²) < 4.78 is 40.9. The van der Waals surface area contributed by atoms with Crippen molar-refractivity contribution in [3.63, 3.8) is 0 Å². The van der Waals surface area contributed by atoms with Gasteiger partial charge in [0, 0.05) is 16.5 Å². The first kappa shape index (κ1) is 27.0. The van der Waals surface area contributed by atoms with E-state index in [-0.39, 0.29) is 17.5 Å². The zero-order valence-electron chi connectivity index (χ0n) is 21.3. The van der Waals surface area contributed by atoms with E-state index in [0.29, 0.717) is 24.5 Å². The fourth-order valence-corrected chi connectivity index (χ4v) is 6.07. The van der Waals surface area contributed by atoms with Gasteiger partial charge in [-0.05, 0) is 87.9 Å². The van der Waals surface area contributed by atoms with Crippen molar-refractivity contribution in [2.75, 3.05) is 17.5 Å². The van der Waals surface area contributed by atoms with Crippen LogP contribution >= 0.6 is 15.9 Å². The minimum absolute atomic E-state index is 0.0883. The number of benzene rings is 3. The number of fused-ring (bicyclic) bond motifs is 1. The van der Waals surface area contributed by atoms with Gasteiger partial charge in [0.1, 0.15) is 23.6 Å². The minimum atomic E-state index is -4.03. The van der Waals surface area contributed by atoms with Crippen molar-refractivity contribution in [3.8, 4) is 11.5 Å². The van der Waals surface area contributed by atoms with Gasteiger partial charge in [0.25, 0.3) is 10.0 Å². The van der Waals surface area contributed by atoms with E-state index in [1.807, 2.05) is 45.9 Å². The third-order valence-electron chi connectivity index (χ3n) is 6.09. The molecule has 1 amide bonds. The van der Waals surface area contributed by atoms with Gasteiger partial charge in [0.05, 0.1) is 23.2 Å². The number of carbonyl (C=O) groups is 1. The lowest BCUT2D eigenvalue weighted by Crippen LogP contribution is -2.45. The molecule has 9 heteroatoms. The summed E-state index contributed by atoms with van der Waals surface area (Å²) in [5, 5.41) is 3.06. The van der Waals surface area contributed by atoms with Gasteiger partial charge in [0.2, 0.25) is 5.91 Å². The number of amides is 1. The van der Waals surface area contributed by atoms with Crippen LogP contribution in [-0.2, 0) is 14.8 Å². The Morgan fingerprint density at radius 3 is 2.43 bits per heavy atom. The first-order chi connectivity index (χ1) is 17.5. The van der Waals surface area contributed by atoms with Crippen LogP contribution in [0, 0.1) is 6.92 Å². The Morgan fingerprint density at radius 1 is 1.11 bits per heavy atom. The van der Waals surface area contributed by atoms with E-state index in [9.17, 15) is 13.2 Å². The maximum Gasteiger partial charge on any atom is 0.264 e. The van der Waals surface area contributed by atoms with Crippen LogP contribution in [0.1, 0.15) is 44.4 Å². The number of carbonyl (C=O) groups excluding carboxylic acids is 1. The predicted octanol–water partition coefficient (Wildman–Crippen LogP) is 5.77. The van der Waals surface area contributed by atoms with E-state index in [2.05, 4.69) is 21.2 Å². The minimum Gasteiger partial charge on any atom is -0.494 e. The Bertz CT molecular complexity index is 1370. The fourth-order valence-electron chi connectivity index (χ4n) is 4.38. The van der Waals surface area contributed by atoms with Gasteiger partial charge in [0.15, 0.2) is 0 Å². The van der Waals surface area contributed by atoms with E-state index in [1.54, 1.807) is 36.4 Å². The van der Waals surface area contributed by atoms with Gasteiger partial charge < -0.3 is 14.8 Å². The van der Waals surface area contributed by atoms with Crippen molar-refractivity contribution >= 4 is 37.5 Å². The van der Waals surface area contributed by atoms with Crippen LogP contribution in [0.4, 0.5) is 5.69 Å². The highest BCUT2D eigenvalue weighted by atomic mass is 79.9. The van der Waals surface area contributed by atoms with Crippen molar-refractivity contribution in [3.05, 3.63) is 82.3 Å². The summed E-state index contributed by atoms with van der Waals surface area (Å²) in [4.78, 5) is 13.5. The zero-order chi connectivity index (χ0) is 26.8. The third-order valence-corrected chi connectivity index (χ3v) is 8.40. The average Bonchev–Trinajstić information content (AvgIpc) is 2.82. The summed E-state index contributed by atoms with van der Waals surface area (Å²) in [6, 6.07) is 18.6. The Labute approximate surface area is 227 Å². The topological polar surface area (TPSA) is 84.9 Å². The van der Waals surface area contributed by atoms with E-state index in [4.69, 9.17) is 9.47 Å². The number of ether oxygens (including phenoxy) is 2. The number of sulfonamides is 1. The van der Waals surface area contributed by atoms with E-state index in [0.717, 1.165) is 25.7 Å². The molecule has 3 aromatic carbocycles. The van der Waals surface area contributed by atoms with Crippen molar-refractivity contribution in [2.24, 2.45) is 0 Å². The van der Waals surface area contributed by atoms with Crippen molar-refractivity contribution in [1.82, 2.24) is 5.32 Å². The molecule has 4 rings (SSSR count). The summed E-state index contributed by atoms with van der Waals surface area (Å²) in [6.45, 7) is 7.92. The number of nitrogens with zero attached hydrogens (tertiary/aromatic N) is 1. The molecular weight excluding hydrogens is 556 g/mol. The van der Waals surface area contributed by atoms with Crippen LogP contribution in [0.2, 0.25) is 0 Å². The molecule has 0 saturated heterocycles. The molecule has 0 aromatic heterocycles. The molecule has 0 spiro atoms. The second-order valence-electron chi connectivity index (χ2n) is 9.62. The van der Waals surface area contributed by atoms with Crippen LogP contribution in [0.25, 0.3) is 0 Å². The fraction of sp³-hybridized carbons (Fsp3) is 0.321. The Balaban J connectivity index is 1.64. The van der Waals surface area contributed by atoms with Crippen LogP contribution in [0.5, 0.6) is 11.5 Å². The Hall–Kier alpha value is -3.04. The van der Waals surface area contributed by atoms with Crippen LogP contribution in [0.3, 0.4) is 0 Å². The first-order valence-corrected chi connectivity index (χ1v) is 14.3. The highest BCUT2D eigenvalue weighted by Crippen LogP contribution is 2.40. The number of hydrogen-bond donors (Lipinski definition) is 1. The quantitative estimate of drug-likeness (QED) is 0.362. The van der Waals surface area contributed by atoms with Gasteiger partial charge in [-0.1, -0.05) is 28.1 Å². The highest BCUT2D eigenvalue weighted by Gasteiger charge is 2.35. The smallest absolute Gasteiger partial charge is 0.264 e. The average molecular weight is 588 g/mol. The van der Waals surface area contributed by atoms with Crippen molar-refractivity contribution < 1.29 is 22.7 Å². The Morgan fingerprint density at radius 2 is 1.78 bits per heavy atom. The van der Waals surface area contributed by atoms with E-state index in [1.165, 1.54) is 12.1 Å². The molecule has 0 saturated carbocycles. The molecule has 0 bridgehead atoms. The molecule has 0 aliphatic carbocycles. The van der Waals surface area contributed by atoms with Crippen LogP contribution in [0.15, 0.2) is 76.1 Å². The van der Waals surface area contributed by atoms with E-state index >= 15 is 0 Å². The SMILES string of the molecule is CCOc1ccc(N(CC(=O)NC2CC(C)(C)Oc3cc(C)ccc32)S(=O)(=O)c2ccc(Br)cc2)cc1. The number of nitrogens with one attached hydrogen (secondary N) is 1. The lowest BCUT2D eigenvalue weighted by molar-refractivity contribution is -0.120. The summed E-state index contributed by atoms with van der Waals surface area (Å²) in [5.74, 6) is 0.934. The largest absolute Gasteiger partial charge is 0.494 e. The van der Waals surface area contributed by atoms with Crippen LogP contribution < -0.4 is 19.1 Å². The summed E-state index contributed by atoms with van der Waals surface area (Å²) in [6.07, 6.45) is 0.553. The zero-order valence-corrected chi connectivity index (χ0v) is 23.7. The molecule has 0 fully saturated rings. The summed E-state index contributed by atoms with van der Waals surface area (Å²) >= 11 is 3.34. The predicted molar refractivity (Wildman–Crippen MR) is 148 cm³/mol. The Kier molecular flexibility index (Phi) is 7.85. The number of rotatable bonds is 8. The number of halogens is 1. The molecule has 1 aliphatic heterocycles. The standard InChI is InChI=1S/C28H31BrN2O5S/c1-5-35-22-11-9-21(10-12-22)31(37(33,34)23-13-7-20(29)8-14-23)18-27(32)30-25-17-28(3,4)36-26-16-19(2)6-15-24(25)26/h6-16,25H,5,17-18H2,1-4H3,(H,30,32). The second-order valence-corrected chi connectivity index (χ2v) is 12.4. The van der Waals surface area contributed by atoms with Crippen molar-refractivity contribution in [2.45, 2.75) is 50.7 Å². The molecule has 1 heterocycles. The number of hydrogen-bond acceptors (Lipinski definition) is 5. The van der Waals surface area contributed by atoms with Gasteiger partial charge >= 0.3 is 0 Å². The maximum absolute atomic E-state index is 13.7. The molecule has 1 aliphatic rings. The highest BCUT2D eigenvalue weighted by molar-refractivity contribution is 9.10.